The van der Waals surface area contributed by atoms with Gasteiger partial charge in [0.05, 0.1) is 25.3 Å². The first-order valence-corrected chi connectivity index (χ1v) is 10.9. The van der Waals surface area contributed by atoms with Crippen molar-refractivity contribution in [1.29, 1.82) is 0 Å². The van der Waals surface area contributed by atoms with Crippen LogP contribution in [0.4, 0.5) is 0 Å². The second-order valence-corrected chi connectivity index (χ2v) is 8.92. The van der Waals surface area contributed by atoms with Crippen molar-refractivity contribution in [3.05, 3.63) is 41.0 Å². The Morgan fingerprint density at radius 3 is 3.00 bits per heavy atom. The fourth-order valence-corrected chi connectivity index (χ4v) is 4.88. The van der Waals surface area contributed by atoms with Crippen LogP contribution in [-0.2, 0) is 30.8 Å². The predicted molar refractivity (Wildman–Crippen MR) is 110 cm³/mol. The van der Waals surface area contributed by atoms with Gasteiger partial charge in [-0.25, -0.2) is 0 Å². The summed E-state index contributed by atoms with van der Waals surface area (Å²) in [5.41, 5.74) is 2.49. The number of amides is 1. The Bertz CT molecular complexity index is 956. The van der Waals surface area contributed by atoms with E-state index in [1.54, 1.807) is 0 Å². The maximum absolute atomic E-state index is 12.4. The number of aromatic nitrogens is 3. The molecule has 1 saturated heterocycles. The summed E-state index contributed by atoms with van der Waals surface area (Å²) in [4.78, 5) is 16.5. The van der Waals surface area contributed by atoms with Crippen molar-refractivity contribution < 1.29 is 14.6 Å². The Morgan fingerprint density at radius 2 is 2.17 bits per heavy atom. The summed E-state index contributed by atoms with van der Waals surface area (Å²) in [6.07, 6.45) is 1.24. The van der Waals surface area contributed by atoms with Crippen molar-refractivity contribution in [3.63, 3.8) is 0 Å². The first-order chi connectivity index (χ1) is 14.5. The Morgan fingerprint density at radius 1 is 1.30 bits per heavy atom. The first kappa shape index (κ1) is 19.5. The highest BCUT2D eigenvalue weighted by molar-refractivity contribution is 5.78. The van der Waals surface area contributed by atoms with Gasteiger partial charge >= 0.3 is 0 Å². The standard InChI is InChI=1S/C22H29N5O3/c1-14(2)22(29)25-6-7-27-20(13-25)23-24-21(27)18-10-17(28)12-26(18)11-15-3-4-19-16(9-15)5-8-30-19/h3-4,9,14,17-18,28H,5-8,10-13H2,1-2H3/t17-,18-/m0/s1. The summed E-state index contributed by atoms with van der Waals surface area (Å²) in [5.74, 6) is 2.87. The average molecular weight is 412 g/mol. The summed E-state index contributed by atoms with van der Waals surface area (Å²) in [6, 6.07) is 6.41. The fraction of sp³-hybridized carbons (Fsp3) is 0.591. The minimum atomic E-state index is -0.372. The smallest absolute Gasteiger partial charge is 0.225 e. The summed E-state index contributed by atoms with van der Waals surface area (Å²) < 4.78 is 7.77. The molecule has 30 heavy (non-hydrogen) atoms. The number of nitrogens with zero attached hydrogens (tertiary/aromatic N) is 5. The molecule has 0 radical (unpaired) electrons. The number of likely N-dealkylation sites (tertiary alicyclic amines) is 1. The molecule has 0 spiro atoms. The number of fused-ring (bicyclic) bond motifs is 2. The zero-order valence-corrected chi connectivity index (χ0v) is 17.6. The molecule has 0 bridgehead atoms. The van der Waals surface area contributed by atoms with Gasteiger partial charge in [-0.3, -0.25) is 9.69 Å². The zero-order chi connectivity index (χ0) is 20.8. The largest absolute Gasteiger partial charge is 0.493 e. The van der Waals surface area contributed by atoms with Crippen molar-refractivity contribution in [3.8, 4) is 5.75 Å². The summed E-state index contributed by atoms with van der Waals surface area (Å²) in [6.45, 7) is 7.87. The van der Waals surface area contributed by atoms with Crippen LogP contribution < -0.4 is 4.74 Å². The van der Waals surface area contributed by atoms with Gasteiger partial charge in [0.15, 0.2) is 11.6 Å². The highest BCUT2D eigenvalue weighted by Crippen LogP contribution is 2.35. The molecule has 1 amide bonds. The number of rotatable bonds is 4. The number of ether oxygens (including phenoxy) is 1. The molecule has 3 aliphatic rings. The van der Waals surface area contributed by atoms with E-state index in [1.165, 1.54) is 11.1 Å². The van der Waals surface area contributed by atoms with Gasteiger partial charge in [0.1, 0.15) is 5.75 Å². The van der Waals surface area contributed by atoms with Crippen LogP contribution in [0.5, 0.6) is 5.75 Å². The molecule has 160 valence electrons. The maximum Gasteiger partial charge on any atom is 0.225 e. The van der Waals surface area contributed by atoms with Crippen LogP contribution in [0, 0.1) is 5.92 Å². The van der Waals surface area contributed by atoms with E-state index < -0.39 is 0 Å². The summed E-state index contributed by atoms with van der Waals surface area (Å²) in [5, 5.41) is 19.3. The quantitative estimate of drug-likeness (QED) is 0.821. The van der Waals surface area contributed by atoms with Gasteiger partial charge in [0.25, 0.3) is 0 Å². The molecule has 8 nitrogen and oxygen atoms in total. The molecule has 8 heteroatoms. The van der Waals surface area contributed by atoms with E-state index in [0.29, 0.717) is 32.6 Å². The molecule has 1 N–H and O–H groups in total. The number of aliphatic hydroxyl groups excluding tert-OH is 1. The lowest BCUT2D eigenvalue weighted by Crippen LogP contribution is -2.41. The third kappa shape index (κ3) is 3.48. The first-order valence-electron chi connectivity index (χ1n) is 10.9. The monoisotopic (exact) mass is 411 g/mol. The van der Waals surface area contributed by atoms with Crippen molar-refractivity contribution in [2.75, 3.05) is 19.7 Å². The lowest BCUT2D eigenvalue weighted by molar-refractivity contribution is -0.136. The zero-order valence-electron chi connectivity index (χ0n) is 17.6. The number of carbonyl (C=O) groups excluding carboxylic acids is 1. The summed E-state index contributed by atoms with van der Waals surface area (Å²) >= 11 is 0. The second-order valence-electron chi connectivity index (χ2n) is 8.92. The van der Waals surface area contributed by atoms with Crippen molar-refractivity contribution in [2.45, 2.75) is 58.5 Å². The third-order valence-electron chi connectivity index (χ3n) is 6.41. The van der Waals surface area contributed by atoms with E-state index in [4.69, 9.17) is 4.74 Å². The van der Waals surface area contributed by atoms with E-state index in [0.717, 1.165) is 37.0 Å². The van der Waals surface area contributed by atoms with E-state index >= 15 is 0 Å². The average Bonchev–Trinajstić information content (AvgIpc) is 3.44. The highest BCUT2D eigenvalue weighted by Gasteiger charge is 2.37. The SMILES string of the molecule is CC(C)C(=O)N1CCn2c(nnc2[C@@H]2C[C@H](O)CN2Cc2ccc3c(c2)CCO3)C1. The Kier molecular flexibility index (Phi) is 4.99. The van der Waals surface area contributed by atoms with E-state index in [9.17, 15) is 9.90 Å². The second kappa shape index (κ2) is 7.67. The van der Waals surface area contributed by atoms with Crippen LogP contribution in [0.1, 0.15) is 49.1 Å². The predicted octanol–water partition coefficient (Wildman–Crippen LogP) is 1.52. The number of hydrogen-bond donors (Lipinski definition) is 1. The van der Waals surface area contributed by atoms with Crippen LogP contribution in [0.2, 0.25) is 0 Å². The van der Waals surface area contributed by atoms with E-state index in [2.05, 4.69) is 37.9 Å². The Labute approximate surface area is 176 Å². The van der Waals surface area contributed by atoms with Crippen molar-refractivity contribution in [2.24, 2.45) is 5.92 Å². The van der Waals surface area contributed by atoms with Crippen molar-refractivity contribution in [1.82, 2.24) is 24.6 Å². The minimum Gasteiger partial charge on any atom is -0.493 e. The van der Waals surface area contributed by atoms with Crippen molar-refractivity contribution >= 4 is 5.91 Å². The normalized spacial score (nSPS) is 23.5. The molecule has 2 aromatic rings. The fourth-order valence-electron chi connectivity index (χ4n) is 4.88. The molecule has 0 aliphatic carbocycles. The number of hydrogen-bond acceptors (Lipinski definition) is 6. The van der Waals surface area contributed by atoms with Crippen LogP contribution in [0.25, 0.3) is 0 Å². The van der Waals surface area contributed by atoms with Gasteiger partial charge in [-0.15, -0.1) is 10.2 Å². The number of β-amino-alcohol motifs (C(OH)–C–C–N with tert-alkyl or cyclic N) is 1. The molecular formula is C22H29N5O3. The van der Waals surface area contributed by atoms with Gasteiger partial charge in [0.2, 0.25) is 5.91 Å². The molecule has 1 aromatic carbocycles. The Balaban J connectivity index is 1.35. The van der Waals surface area contributed by atoms with Gasteiger partial charge in [-0.2, -0.15) is 0 Å². The van der Waals surface area contributed by atoms with E-state index in [1.807, 2.05) is 18.7 Å². The molecule has 1 fully saturated rings. The molecule has 2 atom stereocenters. The van der Waals surface area contributed by atoms with E-state index in [-0.39, 0.29) is 24.0 Å². The topological polar surface area (TPSA) is 83.7 Å². The third-order valence-corrected chi connectivity index (χ3v) is 6.41. The number of benzene rings is 1. The van der Waals surface area contributed by atoms with Crippen LogP contribution >= 0.6 is 0 Å². The van der Waals surface area contributed by atoms with Gasteiger partial charge in [-0.1, -0.05) is 26.0 Å². The molecular weight excluding hydrogens is 382 g/mol. The minimum absolute atomic E-state index is 0.0165. The molecule has 0 saturated carbocycles. The van der Waals surface area contributed by atoms with Gasteiger partial charge in [0, 0.05) is 38.5 Å². The number of aliphatic hydroxyl groups is 1. The number of carbonyl (C=O) groups is 1. The molecule has 4 heterocycles. The van der Waals surface area contributed by atoms with Crippen LogP contribution in [-0.4, -0.2) is 61.4 Å². The molecule has 5 rings (SSSR count). The van der Waals surface area contributed by atoms with Crippen LogP contribution in [0.15, 0.2) is 18.2 Å². The lowest BCUT2D eigenvalue weighted by atomic mass is 10.1. The maximum atomic E-state index is 12.4. The van der Waals surface area contributed by atoms with Gasteiger partial charge < -0.3 is 19.3 Å². The molecule has 0 unspecified atom stereocenters. The Hall–Kier alpha value is -2.45. The van der Waals surface area contributed by atoms with Crippen LogP contribution in [0.3, 0.4) is 0 Å². The lowest BCUT2D eigenvalue weighted by Gasteiger charge is -2.31. The molecule has 3 aliphatic heterocycles. The summed E-state index contributed by atoms with van der Waals surface area (Å²) in [7, 11) is 0. The highest BCUT2D eigenvalue weighted by atomic mass is 16.5. The van der Waals surface area contributed by atoms with Gasteiger partial charge in [-0.05, 0) is 23.6 Å². The molecule has 1 aromatic heterocycles.